The minimum absolute atomic E-state index is 0.102. The number of amides is 1. The molecule has 0 unspecified atom stereocenters. The van der Waals surface area contributed by atoms with Crippen molar-refractivity contribution in [2.75, 3.05) is 58.6 Å². The molecule has 2 aromatic carbocycles. The Morgan fingerprint density at radius 3 is 2.62 bits per heavy atom. The van der Waals surface area contributed by atoms with Crippen molar-refractivity contribution in [3.63, 3.8) is 0 Å². The van der Waals surface area contributed by atoms with E-state index >= 15 is 0 Å². The van der Waals surface area contributed by atoms with Crippen LogP contribution in [0.15, 0.2) is 48.6 Å². The van der Waals surface area contributed by atoms with Crippen LogP contribution in [0.3, 0.4) is 0 Å². The van der Waals surface area contributed by atoms with Crippen LogP contribution in [-0.2, 0) is 37.4 Å². The molecule has 2 aliphatic heterocycles. The van der Waals surface area contributed by atoms with Crippen molar-refractivity contribution in [1.29, 1.82) is 0 Å². The van der Waals surface area contributed by atoms with E-state index < -0.39 is 22.2 Å². The fraction of sp³-hybridized carbons (Fsp3) is 0.571. The molecular weight excluding hydrogens is 642 g/mol. The summed E-state index contributed by atoms with van der Waals surface area (Å²) in [4.78, 5) is 15.9. The van der Waals surface area contributed by atoms with Crippen LogP contribution >= 0.6 is 11.6 Å². The lowest BCUT2D eigenvalue weighted by Crippen LogP contribution is -2.48. The van der Waals surface area contributed by atoms with Crippen molar-refractivity contribution in [2.45, 2.75) is 64.2 Å². The van der Waals surface area contributed by atoms with Crippen LogP contribution in [0.25, 0.3) is 0 Å². The van der Waals surface area contributed by atoms with Crippen LogP contribution in [0.4, 0.5) is 5.69 Å². The third-order valence-corrected chi connectivity index (χ3v) is 11.4. The molecule has 1 fully saturated rings. The Balaban J connectivity index is 1.54. The maximum absolute atomic E-state index is 13.7. The Labute approximate surface area is 284 Å². The highest BCUT2D eigenvalue weighted by atomic mass is 35.5. The summed E-state index contributed by atoms with van der Waals surface area (Å²) < 4.78 is 54.2. The third-order valence-electron chi connectivity index (χ3n) is 9.53. The minimum Gasteiger partial charge on any atom is -0.487 e. The number of nitrogens with one attached hydrogen (secondary N) is 1. The fourth-order valence-corrected chi connectivity index (χ4v) is 8.27. The average Bonchev–Trinajstić information content (AvgIpc) is 3.05. The van der Waals surface area contributed by atoms with Crippen LogP contribution in [0.2, 0.25) is 5.02 Å². The maximum Gasteiger partial charge on any atom is 0.304 e. The van der Waals surface area contributed by atoms with E-state index in [1.165, 1.54) is 17.0 Å². The molecule has 1 amide bonds. The molecule has 0 aromatic heterocycles. The number of hydrogen-bond donors (Lipinski definition) is 1. The standard InChI is InChI=1S/C35H48ClN3O7S/c1-25-7-6-9-33(45-20-19-44-3)31-14-11-28(31)23-38-16-5-4-8-26-21-30(36)13-10-29(26)24-46-34-15-12-27(22-32(34)38)35(40)37-47(41,42)39(25)17-18-43-2/h6,9-10,12-13,15,21-22,25,28,31,33H,4-5,7-8,11,14,16-20,23-24H2,1-3H3,(H,37,40)/b9-6-/t25-,28-,31+,33-/m0/s1. The Morgan fingerprint density at radius 2 is 1.85 bits per heavy atom. The summed E-state index contributed by atoms with van der Waals surface area (Å²) in [6, 6.07) is 10.7. The van der Waals surface area contributed by atoms with Gasteiger partial charge in [-0.25, -0.2) is 4.72 Å². The molecule has 4 atom stereocenters. The number of hydrogen-bond acceptors (Lipinski definition) is 8. The van der Waals surface area contributed by atoms with Gasteiger partial charge in [0.25, 0.3) is 5.91 Å². The van der Waals surface area contributed by atoms with Crippen LogP contribution in [0.5, 0.6) is 5.75 Å². The summed E-state index contributed by atoms with van der Waals surface area (Å²) in [5.41, 5.74) is 3.28. The average molecular weight is 690 g/mol. The van der Waals surface area contributed by atoms with Gasteiger partial charge in [-0.05, 0) is 98.7 Å². The largest absolute Gasteiger partial charge is 0.487 e. The third kappa shape index (κ3) is 9.07. The van der Waals surface area contributed by atoms with E-state index in [0.29, 0.717) is 48.8 Å². The van der Waals surface area contributed by atoms with Gasteiger partial charge in [0.1, 0.15) is 12.4 Å². The molecule has 1 saturated carbocycles. The normalized spacial score (nSPS) is 26.0. The van der Waals surface area contributed by atoms with E-state index in [9.17, 15) is 13.2 Å². The lowest BCUT2D eigenvalue weighted by atomic mass is 9.70. The summed E-state index contributed by atoms with van der Waals surface area (Å²) in [6.45, 7) is 4.97. The molecule has 1 aliphatic carbocycles. The van der Waals surface area contributed by atoms with Gasteiger partial charge < -0.3 is 23.8 Å². The van der Waals surface area contributed by atoms with Crippen molar-refractivity contribution in [2.24, 2.45) is 11.8 Å². The van der Waals surface area contributed by atoms with E-state index in [4.69, 9.17) is 30.5 Å². The summed E-state index contributed by atoms with van der Waals surface area (Å²) in [5, 5.41) is 0.706. The zero-order valence-electron chi connectivity index (χ0n) is 27.7. The zero-order valence-corrected chi connectivity index (χ0v) is 29.2. The van der Waals surface area contributed by atoms with Crippen molar-refractivity contribution in [1.82, 2.24) is 9.03 Å². The molecule has 2 bridgehead atoms. The molecular formula is C35H48ClN3O7S. The van der Waals surface area contributed by atoms with E-state index in [0.717, 1.165) is 56.4 Å². The molecule has 1 N–H and O–H groups in total. The zero-order chi connectivity index (χ0) is 33.4. The highest BCUT2D eigenvalue weighted by molar-refractivity contribution is 7.87. The van der Waals surface area contributed by atoms with Crippen LogP contribution in [0, 0.1) is 11.8 Å². The van der Waals surface area contributed by atoms with Gasteiger partial charge in [0.15, 0.2) is 0 Å². The van der Waals surface area contributed by atoms with Crippen LogP contribution in [-0.4, -0.2) is 84.5 Å². The summed E-state index contributed by atoms with van der Waals surface area (Å²) in [6.07, 6.45) is 9.30. The number of rotatable bonds is 7. The number of ether oxygens (including phenoxy) is 4. The molecule has 2 aromatic rings. The predicted molar refractivity (Wildman–Crippen MR) is 183 cm³/mol. The molecule has 47 heavy (non-hydrogen) atoms. The van der Waals surface area contributed by atoms with Crippen molar-refractivity contribution < 1.29 is 32.2 Å². The molecule has 3 aliphatic rings. The van der Waals surface area contributed by atoms with Crippen molar-refractivity contribution >= 4 is 33.4 Å². The number of methoxy groups -OCH3 is 2. The summed E-state index contributed by atoms with van der Waals surface area (Å²) in [5.74, 6) is 0.613. The Hall–Kier alpha value is -2.67. The van der Waals surface area contributed by atoms with Crippen molar-refractivity contribution in [3.8, 4) is 5.75 Å². The summed E-state index contributed by atoms with van der Waals surface area (Å²) in [7, 11) is -1.01. The second-order valence-electron chi connectivity index (χ2n) is 12.7. The minimum atomic E-state index is -4.19. The number of fused-ring (bicyclic) bond motifs is 3. The van der Waals surface area contributed by atoms with E-state index in [2.05, 4.69) is 15.7 Å². The Bertz CT molecular complexity index is 1500. The molecule has 5 rings (SSSR count). The van der Waals surface area contributed by atoms with Gasteiger partial charge in [0.05, 0.1) is 31.6 Å². The first-order chi connectivity index (χ1) is 22.7. The molecule has 258 valence electrons. The number of halogens is 1. The van der Waals surface area contributed by atoms with Gasteiger partial charge in [-0.3, -0.25) is 4.79 Å². The number of anilines is 1. The maximum atomic E-state index is 13.7. The molecule has 0 radical (unpaired) electrons. The number of aryl methyl sites for hydroxylation is 1. The number of carbonyl (C=O) groups excluding carboxylic acids is 1. The lowest BCUT2D eigenvalue weighted by molar-refractivity contribution is -0.0308. The monoisotopic (exact) mass is 689 g/mol. The highest BCUT2D eigenvalue weighted by Gasteiger charge is 2.38. The molecule has 0 saturated heterocycles. The van der Waals surface area contributed by atoms with Gasteiger partial charge in [-0.15, -0.1) is 0 Å². The molecule has 10 nitrogen and oxygen atoms in total. The van der Waals surface area contributed by atoms with Crippen LogP contribution < -0.4 is 14.4 Å². The van der Waals surface area contributed by atoms with Gasteiger partial charge in [-0.1, -0.05) is 29.8 Å². The number of nitrogens with zero attached hydrogens (tertiary/aromatic N) is 2. The topological polar surface area (TPSA) is 107 Å². The first kappa shape index (κ1) is 35.6. The van der Waals surface area contributed by atoms with E-state index in [-0.39, 0.29) is 24.8 Å². The lowest BCUT2D eigenvalue weighted by Gasteiger charge is -2.44. The molecule has 2 heterocycles. The second-order valence-corrected chi connectivity index (χ2v) is 14.7. The summed E-state index contributed by atoms with van der Waals surface area (Å²) >= 11 is 6.35. The van der Waals surface area contributed by atoms with Gasteiger partial charge in [-0.2, -0.15) is 12.7 Å². The first-order valence-corrected chi connectivity index (χ1v) is 18.4. The quantitative estimate of drug-likeness (QED) is 0.305. The SMILES string of the molecule is COCCO[C@H]1/C=C\C[C@H](C)N(CCOC)S(=O)(=O)NC(=O)c2ccc3c(c2)N(CCCCc2cc(Cl)ccc2CO3)C[C@@H]2CC[C@H]21. The predicted octanol–water partition coefficient (Wildman–Crippen LogP) is 5.39. The fourth-order valence-electron chi connectivity index (χ4n) is 6.73. The van der Waals surface area contributed by atoms with Crippen molar-refractivity contribution in [3.05, 3.63) is 70.3 Å². The van der Waals surface area contributed by atoms with Gasteiger partial charge in [0.2, 0.25) is 0 Å². The second kappa shape index (κ2) is 16.6. The first-order valence-electron chi connectivity index (χ1n) is 16.6. The number of carbonyl (C=O) groups is 1. The van der Waals surface area contributed by atoms with E-state index in [1.54, 1.807) is 25.3 Å². The number of benzene rings is 2. The van der Waals surface area contributed by atoms with Gasteiger partial charge in [0, 0.05) is 50.5 Å². The Morgan fingerprint density at radius 1 is 1.02 bits per heavy atom. The smallest absolute Gasteiger partial charge is 0.304 e. The Kier molecular flexibility index (Phi) is 12.6. The van der Waals surface area contributed by atoms with Crippen LogP contribution in [0.1, 0.15) is 60.5 Å². The molecule has 0 spiro atoms. The molecule has 12 heteroatoms. The van der Waals surface area contributed by atoms with Gasteiger partial charge >= 0.3 is 10.2 Å². The van der Waals surface area contributed by atoms with E-state index in [1.807, 2.05) is 31.2 Å². The highest BCUT2D eigenvalue weighted by Crippen LogP contribution is 2.42.